The van der Waals surface area contributed by atoms with Gasteiger partial charge in [-0.15, -0.1) is 0 Å². The minimum Gasteiger partial charge on any atom is -0.352 e. The Labute approximate surface area is 120 Å². The smallest absolute Gasteiger partial charge is 0.225 e. The van der Waals surface area contributed by atoms with Crippen molar-refractivity contribution in [2.24, 2.45) is 0 Å². The van der Waals surface area contributed by atoms with Crippen LogP contribution in [-0.2, 0) is 0 Å². The monoisotopic (exact) mass is 270 g/mol. The highest BCUT2D eigenvalue weighted by Crippen LogP contribution is 2.24. The van der Waals surface area contributed by atoms with Crippen LogP contribution in [0.25, 0.3) is 0 Å². The first-order valence-electron chi connectivity index (χ1n) is 7.05. The Kier molecular flexibility index (Phi) is 4.56. The second kappa shape index (κ2) is 6.37. The van der Waals surface area contributed by atoms with Crippen molar-refractivity contribution in [3.05, 3.63) is 42.1 Å². The van der Waals surface area contributed by atoms with Crippen LogP contribution in [0.1, 0.15) is 26.5 Å². The van der Waals surface area contributed by atoms with Gasteiger partial charge in [0.25, 0.3) is 0 Å². The molecule has 2 aromatic rings. The number of para-hydroxylation sites is 1. The van der Waals surface area contributed by atoms with Gasteiger partial charge in [0.15, 0.2) is 0 Å². The quantitative estimate of drug-likeness (QED) is 0.898. The van der Waals surface area contributed by atoms with E-state index in [-0.39, 0.29) is 0 Å². The highest BCUT2D eigenvalue weighted by molar-refractivity contribution is 5.61. The number of hydrogen-bond acceptors (Lipinski definition) is 4. The van der Waals surface area contributed by atoms with Crippen LogP contribution >= 0.6 is 0 Å². The van der Waals surface area contributed by atoms with Crippen LogP contribution in [0.15, 0.2) is 36.4 Å². The fourth-order valence-corrected chi connectivity index (χ4v) is 2.10. The van der Waals surface area contributed by atoms with Crippen LogP contribution in [0.2, 0.25) is 0 Å². The van der Waals surface area contributed by atoms with Crippen molar-refractivity contribution >= 4 is 17.5 Å². The predicted octanol–water partition coefficient (Wildman–Crippen LogP) is 3.76. The van der Waals surface area contributed by atoms with Crippen LogP contribution in [0, 0.1) is 6.92 Å². The molecule has 20 heavy (non-hydrogen) atoms. The Morgan fingerprint density at radius 1 is 1.15 bits per heavy atom. The molecular weight excluding hydrogens is 248 g/mol. The molecule has 2 rings (SSSR count). The van der Waals surface area contributed by atoms with Gasteiger partial charge in [-0.05, 0) is 39.8 Å². The Hall–Kier alpha value is -2.10. The van der Waals surface area contributed by atoms with E-state index in [9.17, 15) is 0 Å². The summed E-state index contributed by atoms with van der Waals surface area (Å²) in [7, 11) is 0. The summed E-state index contributed by atoms with van der Waals surface area (Å²) < 4.78 is 0. The summed E-state index contributed by atoms with van der Waals surface area (Å²) in [5.41, 5.74) is 2.11. The maximum absolute atomic E-state index is 4.62. The largest absolute Gasteiger partial charge is 0.352 e. The van der Waals surface area contributed by atoms with Gasteiger partial charge in [0.2, 0.25) is 5.95 Å². The van der Waals surface area contributed by atoms with Gasteiger partial charge in [-0.2, -0.15) is 4.98 Å². The summed E-state index contributed by atoms with van der Waals surface area (Å²) >= 11 is 0. The predicted molar refractivity (Wildman–Crippen MR) is 84.6 cm³/mol. The van der Waals surface area contributed by atoms with Gasteiger partial charge in [-0.3, -0.25) is 0 Å². The average Bonchev–Trinajstić information content (AvgIpc) is 2.39. The molecule has 1 heterocycles. The molecule has 4 heteroatoms. The van der Waals surface area contributed by atoms with Crippen molar-refractivity contribution < 1.29 is 0 Å². The van der Waals surface area contributed by atoms with Crippen molar-refractivity contribution in [3.8, 4) is 0 Å². The normalized spacial score (nSPS) is 10.7. The number of nitrogens with zero attached hydrogens (tertiary/aromatic N) is 3. The number of aromatic nitrogens is 2. The summed E-state index contributed by atoms with van der Waals surface area (Å²) in [6.45, 7) is 9.15. The first-order valence-corrected chi connectivity index (χ1v) is 7.05. The van der Waals surface area contributed by atoms with E-state index in [1.165, 1.54) is 0 Å². The van der Waals surface area contributed by atoms with Crippen LogP contribution in [0.4, 0.5) is 17.5 Å². The molecule has 0 saturated heterocycles. The second-order valence-corrected chi connectivity index (χ2v) is 5.07. The third kappa shape index (κ3) is 3.47. The molecule has 0 spiro atoms. The molecule has 0 radical (unpaired) electrons. The summed E-state index contributed by atoms with van der Waals surface area (Å²) in [6, 6.07) is 12.6. The van der Waals surface area contributed by atoms with E-state index in [0.29, 0.717) is 12.0 Å². The van der Waals surface area contributed by atoms with Crippen molar-refractivity contribution in [1.82, 2.24) is 9.97 Å². The van der Waals surface area contributed by atoms with Gasteiger partial charge in [-0.25, -0.2) is 4.98 Å². The third-order valence-electron chi connectivity index (χ3n) is 2.92. The van der Waals surface area contributed by atoms with Crippen LogP contribution in [-0.4, -0.2) is 22.6 Å². The lowest BCUT2D eigenvalue weighted by atomic mass is 10.2. The standard InChI is InChI=1S/C16H22N4/c1-5-20(14-9-7-6-8-10-14)15-11-13(4)18-16(19-15)17-12(2)3/h6-12H,5H2,1-4H3,(H,17,18,19). The average molecular weight is 270 g/mol. The molecular formula is C16H22N4. The molecule has 0 bridgehead atoms. The van der Waals surface area contributed by atoms with Crippen molar-refractivity contribution in [2.75, 3.05) is 16.8 Å². The van der Waals surface area contributed by atoms with Gasteiger partial charge in [0, 0.05) is 30.0 Å². The topological polar surface area (TPSA) is 41.1 Å². The molecule has 0 atom stereocenters. The van der Waals surface area contributed by atoms with E-state index in [1.807, 2.05) is 31.2 Å². The Balaban J connectivity index is 2.37. The zero-order chi connectivity index (χ0) is 14.5. The number of rotatable bonds is 5. The lowest BCUT2D eigenvalue weighted by Crippen LogP contribution is -2.20. The van der Waals surface area contributed by atoms with Crippen LogP contribution in [0.3, 0.4) is 0 Å². The van der Waals surface area contributed by atoms with E-state index in [0.717, 1.165) is 23.7 Å². The van der Waals surface area contributed by atoms with E-state index in [2.05, 4.69) is 53.1 Å². The van der Waals surface area contributed by atoms with Crippen molar-refractivity contribution in [1.29, 1.82) is 0 Å². The Bertz CT molecular complexity index is 552. The molecule has 0 aliphatic carbocycles. The van der Waals surface area contributed by atoms with E-state index >= 15 is 0 Å². The van der Waals surface area contributed by atoms with Gasteiger partial charge >= 0.3 is 0 Å². The summed E-state index contributed by atoms with van der Waals surface area (Å²) in [5, 5.41) is 3.27. The SMILES string of the molecule is CCN(c1ccccc1)c1cc(C)nc(NC(C)C)n1. The summed E-state index contributed by atoms with van der Waals surface area (Å²) in [4.78, 5) is 11.2. The van der Waals surface area contributed by atoms with Crippen LogP contribution in [0.5, 0.6) is 0 Å². The maximum atomic E-state index is 4.62. The molecule has 0 unspecified atom stereocenters. The minimum absolute atomic E-state index is 0.316. The number of nitrogens with one attached hydrogen (secondary N) is 1. The van der Waals surface area contributed by atoms with Crippen LogP contribution < -0.4 is 10.2 Å². The molecule has 106 valence electrons. The van der Waals surface area contributed by atoms with Gasteiger partial charge in [-0.1, -0.05) is 18.2 Å². The van der Waals surface area contributed by atoms with Crippen molar-refractivity contribution in [2.45, 2.75) is 33.7 Å². The fourth-order valence-electron chi connectivity index (χ4n) is 2.10. The number of benzene rings is 1. The molecule has 0 aliphatic rings. The Morgan fingerprint density at radius 3 is 2.45 bits per heavy atom. The van der Waals surface area contributed by atoms with E-state index in [1.54, 1.807) is 0 Å². The molecule has 0 saturated carbocycles. The minimum atomic E-state index is 0.316. The first-order chi connectivity index (χ1) is 9.60. The van der Waals surface area contributed by atoms with E-state index in [4.69, 9.17) is 0 Å². The highest BCUT2D eigenvalue weighted by Gasteiger charge is 2.11. The summed E-state index contributed by atoms with van der Waals surface area (Å²) in [5.74, 6) is 1.61. The molecule has 1 N–H and O–H groups in total. The molecule has 4 nitrogen and oxygen atoms in total. The lowest BCUT2D eigenvalue weighted by molar-refractivity contribution is 0.865. The van der Waals surface area contributed by atoms with Gasteiger partial charge in [0.1, 0.15) is 5.82 Å². The first kappa shape index (κ1) is 14.3. The zero-order valence-corrected chi connectivity index (χ0v) is 12.6. The van der Waals surface area contributed by atoms with Gasteiger partial charge in [0.05, 0.1) is 0 Å². The molecule has 0 fully saturated rings. The molecule has 0 amide bonds. The van der Waals surface area contributed by atoms with Gasteiger partial charge < -0.3 is 10.2 Å². The highest BCUT2D eigenvalue weighted by atomic mass is 15.2. The molecule has 1 aromatic heterocycles. The lowest BCUT2D eigenvalue weighted by Gasteiger charge is -2.23. The molecule has 0 aliphatic heterocycles. The number of anilines is 3. The Morgan fingerprint density at radius 2 is 1.85 bits per heavy atom. The van der Waals surface area contributed by atoms with Crippen molar-refractivity contribution in [3.63, 3.8) is 0 Å². The summed E-state index contributed by atoms with van der Waals surface area (Å²) in [6.07, 6.45) is 0. The third-order valence-corrected chi connectivity index (χ3v) is 2.92. The van der Waals surface area contributed by atoms with E-state index < -0.39 is 0 Å². The fraction of sp³-hybridized carbons (Fsp3) is 0.375. The molecule has 1 aromatic carbocycles. The maximum Gasteiger partial charge on any atom is 0.225 e. The number of aryl methyl sites for hydroxylation is 1. The number of hydrogen-bond donors (Lipinski definition) is 1. The zero-order valence-electron chi connectivity index (χ0n) is 12.6. The second-order valence-electron chi connectivity index (χ2n) is 5.07.